The summed E-state index contributed by atoms with van der Waals surface area (Å²) in [7, 11) is 4.98. The molecular formula is C24H37Cl2N5O3. The highest BCUT2D eigenvalue weighted by molar-refractivity contribution is 5.85. The average Bonchev–Trinajstić information content (AvgIpc) is 2.84. The second kappa shape index (κ2) is 13.2. The predicted molar refractivity (Wildman–Crippen MR) is 139 cm³/mol. The summed E-state index contributed by atoms with van der Waals surface area (Å²) < 4.78 is 16.5. The first-order valence-corrected chi connectivity index (χ1v) is 11.5. The zero-order valence-electron chi connectivity index (χ0n) is 20.6. The molecule has 4 rings (SSSR count). The van der Waals surface area contributed by atoms with Crippen LogP contribution in [0, 0.1) is 0 Å². The fraction of sp³-hybridized carbons (Fsp3) is 0.583. The van der Waals surface area contributed by atoms with Crippen molar-refractivity contribution < 1.29 is 14.2 Å². The van der Waals surface area contributed by atoms with Crippen molar-refractivity contribution in [3.05, 3.63) is 35.2 Å². The molecule has 2 aliphatic heterocycles. The number of nitrogens with zero attached hydrogens (tertiary/aromatic N) is 5. The van der Waals surface area contributed by atoms with Gasteiger partial charge in [-0.1, -0.05) is 6.92 Å². The molecule has 0 radical (unpaired) electrons. The van der Waals surface area contributed by atoms with Crippen LogP contribution in [0.2, 0.25) is 0 Å². The van der Waals surface area contributed by atoms with Crippen LogP contribution in [0.15, 0.2) is 18.3 Å². The lowest BCUT2D eigenvalue weighted by Crippen LogP contribution is -2.47. The number of aromatic nitrogens is 2. The first-order valence-electron chi connectivity index (χ1n) is 11.5. The normalized spacial score (nSPS) is 16.2. The zero-order valence-corrected chi connectivity index (χ0v) is 22.2. The molecule has 2 aromatic rings. The highest BCUT2D eigenvalue weighted by atomic mass is 35.5. The topological polar surface area (TPSA) is 63.2 Å². The molecule has 190 valence electrons. The molecule has 1 fully saturated rings. The minimum atomic E-state index is 0. The van der Waals surface area contributed by atoms with Crippen LogP contribution in [0.25, 0.3) is 0 Å². The minimum absolute atomic E-state index is 0. The van der Waals surface area contributed by atoms with Crippen molar-refractivity contribution in [1.29, 1.82) is 0 Å². The van der Waals surface area contributed by atoms with E-state index in [-0.39, 0.29) is 24.8 Å². The van der Waals surface area contributed by atoms with Crippen molar-refractivity contribution in [2.24, 2.45) is 0 Å². The summed E-state index contributed by atoms with van der Waals surface area (Å²) in [5, 5.41) is 0. The van der Waals surface area contributed by atoms with Crippen LogP contribution in [-0.2, 0) is 19.5 Å². The number of piperazine rings is 1. The SMILES string of the molecule is CCCN1CCN(c2ncc3c(n2)CCN(Cc2cc(OC)c(OC)cc2OC)C3)CC1.Cl.Cl. The number of benzene rings is 1. The summed E-state index contributed by atoms with van der Waals surface area (Å²) in [6.45, 7) is 10.2. The quantitative estimate of drug-likeness (QED) is 0.531. The molecule has 8 nitrogen and oxygen atoms in total. The molecule has 3 heterocycles. The van der Waals surface area contributed by atoms with E-state index < -0.39 is 0 Å². The Morgan fingerprint density at radius 1 is 0.853 bits per heavy atom. The van der Waals surface area contributed by atoms with E-state index in [0.29, 0.717) is 11.5 Å². The van der Waals surface area contributed by atoms with Crippen LogP contribution in [0.4, 0.5) is 5.95 Å². The van der Waals surface area contributed by atoms with Gasteiger partial charge >= 0.3 is 0 Å². The lowest BCUT2D eigenvalue weighted by Gasteiger charge is -2.35. The number of rotatable bonds is 8. The fourth-order valence-corrected chi connectivity index (χ4v) is 4.60. The fourth-order valence-electron chi connectivity index (χ4n) is 4.60. The van der Waals surface area contributed by atoms with Gasteiger partial charge in [-0.3, -0.25) is 9.80 Å². The van der Waals surface area contributed by atoms with Crippen LogP contribution in [0.3, 0.4) is 0 Å². The summed E-state index contributed by atoms with van der Waals surface area (Å²) >= 11 is 0. The van der Waals surface area contributed by atoms with Crippen molar-refractivity contribution in [2.45, 2.75) is 32.9 Å². The maximum absolute atomic E-state index is 5.61. The average molecular weight is 514 g/mol. The number of anilines is 1. The molecule has 0 aliphatic carbocycles. The third kappa shape index (κ3) is 6.36. The van der Waals surface area contributed by atoms with E-state index in [0.717, 1.165) is 69.5 Å². The molecule has 34 heavy (non-hydrogen) atoms. The number of methoxy groups -OCH3 is 3. The summed E-state index contributed by atoms with van der Waals surface area (Å²) in [6, 6.07) is 3.90. The van der Waals surface area contributed by atoms with Gasteiger partial charge in [0.05, 0.1) is 27.0 Å². The Kier molecular flexibility index (Phi) is 11.0. The van der Waals surface area contributed by atoms with Crippen molar-refractivity contribution in [1.82, 2.24) is 19.8 Å². The molecule has 1 aromatic heterocycles. The second-order valence-corrected chi connectivity index (χ2v) is 8.45. The van der Waals surface area contributed by atoms with Crippen LogP contribution in [0.5, 0.6) is 17.2 Å². The predicted octanol–water partition coefficient (Wildman–Crippen LogP) is 3.44. The lowest BCUT2D eigenvalue weighted by atomic mass is 10.1. The molecule has 0 saturated carbocycles. The molecule has 0 N–H and O–H groups in total. The van der Waals surface area contributed by atoms with Crippen molar-refractivity contribution in [2.75, 3.05) is 65.5 Å². The first-order chi connectivity index (χ1) is 15.6. The summed E-state index contributed by atoms with van der Waals surface area (Å²) in [5.41, 5.74) is 3.47. The molecule has 1 saturated heterocycles. The maximum Gasteiger partial charge on any atom is 0.225 e. The molecule has 2 aliphatic rings. The van der Waals surface area contributed by atoms with Gasteiger partial charge in [-0.05, 0) is 19.0 Å². The Labute approximate surface area is 215 Å². The molecule has 0 unspecified atom stereocenters. The van der Waals surface area contributed by atoms with E-state index in [4.69, 9.17) is 24.2 Å². The van der Waals surface area contributed by atoms with Crippen molar-refractivity contribution >= 4 is 30.8 Å². The van der Waals surface area contributed by atoms with Gasteiger partial charge in [-0.2, -0.15) is 0 Å². The molecule has 0 spiro atoms. The largest absolute Gasteiger partial charge is 0.496 e. The Hall–Kier alpha value is -2.00. The van der Waals surface area contributed by atoms with E-state index >= 15 is 0 Å². The number of hydrogen-bond acceptors (Lipinski definition) is 8. The summed E-state index contributed by atoms with van der Waals surface area (Å²) in [4.78, 5) is 16.9. The van der Waals surface area contributed by atoms with E-state index in [1.165, 1.54) is 24.2 Å². The van der Waals surface area contributed by atoms with Gasteiger partial charge in [0.2, 0.25) is 5.95 Å². The molecule has 10 heteroatoms. The van der Waals surface area contributed by atoms with Gasteiger partial charge in [0, 0.05) is 75.6 Å². The maximum atomic E-state index is 5.61. The minimum Gasteiger partial charge on any atom is -0.496 e. The third-order valence-electron chi connectivity index (χ3n) is 6.38. The van der Waals surface area contributed by atoms with Crippen LogP contribution < -0.4 is 19.1 Å². The van der Waals surface area contributed by atoms with E-state index in [2.05, 4.69) is 21.6 Å². The number of fused-ring (bicyclic) bond motifs is 1. The van der Waals surface area contributed by atoms with Gasteiger partial charge in [0.25, 0.3) is 0 Å². The molecule has 0 bridgehead atoms. The number of halogens is 2. The van der Waals surface area contributed by atoms with Gasteiger partial charge in [0.1, 0.15) is 5.75 Å². The lowest BCUT2D eigenvalue weighted by molar-refractivity contribution is 0.237. The van der Waals surface area contributed by atoms with Gasteiger partial charge in [0.15, 0.2) is 11.5 Å². The number of hydrogen-bond donors (Lipinski definition) is 0. The summed E-state index contributed by atoms with van der Waals surface area (Å²) in [6.07, 6.45) is 4.16. The third-order valence-corrected chi connectivity index (χ3v) is 6.38. The first kappa shape index (κ1) is 28.2. The van der Waals surface area contributed by atoms with E-state index in [1.807, 2.05) is 18.3 Å². The van der Waals surface area contributed by atoms with Crippen LogP contribution >= 0.6 is 24.8 Å². The molecule has 1 aromatic carbocycles. The van der Waals surface area contributed by atoms with Crippen molar-refractivity contribution in [3.63, 3.8) is 0 Å². The Balaban J connectivity index is 0.00000204. The summed E-state index contributed by atoms with van der Waals surface area (Å²) in [5.74, 6) is 3.08. The van der Waals surface area contributed by atoms with Crippen molar-refractivity contribution in [3.8, 4) is 17.2 Å². The van der Waals surface area contributed by atoms with E-state index in [1.54, 1.807) is 21.3 Å². The highest BCUT2D eigenvalue weighted by Crippen LogP contribution is 2.35. The second-order valence-electron chi connectivity index (χ2n) is 8.45. The van der Waals surface area contributed by atoms with Crippen LogP contribution in [0.1, 0.15) is 30.2 Å². The molecule has 0 amide bonds. The Morgan fingerprint density at radius 3 is 2.18 bits per heavy atom. The van der Waals surface area contributed by atoms with Crippen LogP contribution in [-0.4, -0.2) is 80.4 Å². The van der Waals surface area contributed by atoms with E-state index in [9.17, 15) is 0 Å². The zero-order chi connectivity index (χ0) is 22.5. The Bertz CT molecular complexity index is 926. The monoisotopic (exact) mass is 513 g/mol. The van der Waals surface area contributed by atoms with Gasteiger partial charge in [-0.15, -0.1) is 24.8 Å². The van der Waals surface area contributed by atoms with Gasteiger partial charge in [-0.25, -0.2) is 9.97 Å². The van der Waals surface area contributed by atoms with Gasteiger partial charge < -0.3 is 19.1 Å². The number of ether oxygens (including phenoxy) is 3. The molecular weight excluding hydrogens is 477 g/mol. The highest BCUT2D eigenvalue weighted by Gasteiger charge is 2.23. The standard InChI is InChI=1S/C24H35N5O3.2ClH/c1-5-7-27-9-11-29(12-10-27)24-25-15-19-17-28(8-6-20(19)26-24)16-18-13-22(31-3)23(32-4)14-21(18)30-2;;/h13-15H,5-12,16-17H2,1-4H3;2*1H. The molecule has 0 atom stereocenters. The Morgan fingerprint density at radius 2 is 1.53 bits per heavy atom. The smallest absolute Gasteiger partial charge is 0.225 e.